The van der Waals surface area contributed by atoms with Crippen LogP contribution in [0, 0.1) is 0 Å². The number of benzene rings is 2. The molecule has 1 N–H and O–H groups in total. The number of allylic oxidation sites excluding steroid dienone is 1. The van der Waals surface area contributed by atoms with Crippen LogP contribution in [-0.4, -0.2) is 15.9 Å². The molecule has 1 aromatic heterocycles. The van der Waals surface area contributed by atoms with E-state index in [0.29, 0.717) is 11.4 Å². The molecule has 2 aromatic carbocycles. The van der Waals surface area contributed by atoms with Crippen LogP contribution in [0.2, 0.25) is 0 Å². The van der Waals surface area contributed by atoms with Crippen molar-refractivity contribution in [2.75, 3.05) is 0 Å². The molecule has 24 heavy (non-hydrogen) atoms. The zero-order valence-corrected chi connectivity index (χ0v) is 13.5. The Morgan fingerprint density at radius 1 is 1.08 bits per heavy atom. The highest BCUT2D eigenvalue weighted by Crippen LogP contribution is 2.34. The molecule has 0 aliphatic carbocycles. The summed E-state index contributed by atoms with van der Waals surface area (Å²) >= 11 is 1.04. The number of nitrogens with zero attached hydrogens (tertiary/aromatic N) is 2. The first-order valence-corrected chi connectivity index (χ1v) is 8.36. The lowest BCUT2D eigenvalue weighted by atomic mass is 10.1. The number of rotatable bonds is 3. The average molecular weight is 334 g/mol. The predicted octanol–water partition coefficient (Wildman–Crippen LogP) is 3.92. The van der Waals surface area contributed by atoms with Crippen molar-refractivity contribution in [2.24, 2.45) is 4.99 Å². The quantitative estimate of drug-likeness (QED) is 0.789. The van der Waals surface area contributed by atoms with Crippen LogP contribution in [0.4, 0.5) is 5.69 Å². The Morgan fingerprint density at radius 2 is 1.83 bits per heavy atom. The maximum absolute atomic E-state index is 12.2. The molecule has 2 heterocycles. The maximum atomic E-state index is 12.2. The Hall–Kier alpha value is -2.92. The number of fused-ring (bicyclic) bond motifs is 1. The molecule has 0 unspecified atom stereocenters. The summed E-state index contributed by atoms with van der Waals surface area (Å²) in [4.78, 5) is 17.0. The van der Waals surface area contributed by atoms with Gasteiger partial charge in [-0.15, -0.1) is 0 Å². The van der Waals surface area contributed by atoms with Crippen LogP contribution < -0.4 is 4.87 Å². The summed E-state index contributed by atoms with van der Waals surface area (Å²) in [7, 11) is 0. The van der Waals surface area contributed by atoms with Gasteiger partial charge in [0.2, 0.25) is 5.88 Å². The van der Waals surface area contributed by atoms with Gasteiger partial charge in [-0.3, -0.25) is 14.4 Å². The van der Waals surface area contributed by atoms with Crippen molar-refractivity contribution < 1.29 is 5.11 Å². The average Bonchev–Trinajstić information content (AvgIpc) is 3.13. The second-order valence-corrected chi connectivity index (χ2v) is 6.50. The number of thiazole rings is 1. The molecule has 0 amide bonds. The third-order valence-electron chi connectivity index (χ3n) is 3.92. The smallest absolute Gasteiger partial charge is 0.310 e. The lowest BCUT2D eigenvalue weighted by molar-refractivity contribution is 0.420. The molecule has 0 bridgehead atoms. The summed E-state index contributed by atoms with van der Waals surface area (Å²) < 4.78 is 1.39. The van der Waals surface area contributed by atoms with Gasteiger partial charge in [-0.1, -0.05) is 59.9 Å². The van der Waals surface area contributed by atoms with E-state index >= 15 is 0 Å². The predicted molar refractivity (Wildman–Crippen MR) is 98.3 cm³/mol. The Kier molecular flexibility index (Phi) is 3.63. The van der Waals surface area contributed by atoms with Crippen LogP contribution >= 0.6 is 11.3 Å². The van der Waals surface area contributed by atoms with Crippen molar-refractivity contribution in [3.05, 3.63) is 80.3 Å². The van der Waals surface area contributed by atoms with Crippen LogP contribution in [0.3, 0.4) is 0 Å². The SMILES string of the molecule is O=c1sc(/C=C2\C=Nc3ccccc32)c(O)n1Cc1ccccc1. The lowest BCUT2D eigenvalue weighted by Gasteiger charge is -2.04. The minimum atomic E-state index is -0.175. The topological polar surface area (TPSA) is 54.6 Å². The van der Waals surface area contributed by atoms with E-state index in [2.05, 4.69) is 4.99 Å². The molecule has 3 aromatic rings. The number of aromatic nitrogens is 1. The van der Waals surface area contributed by atoms with Gasteiger partial charge in [-0.2, -0.15) is 0 Å². The largest absolute Gasteiger partial charge is 0.493 e. The molecular formula is C19H14N2O2S. The lowest BCUT2D eigenvalue weighted by Crippen LogP contribution is -2.13. The van der Waals surface area contributed by atoms with Gasteiger partial charge in [0.25, 0.3) is 0 Å². The molecule has 0 saturated carbocycles. The van der Waals surface area contributed by atoms with Gasteiger partial charge in [0.1, 0.15) is 0 Å². The van der Waals surface area contributed by atoms with E-state index in [1.807, 2.05) is 60.7 Å². The number of para-hydroxylation sites is 1. The summed E-state index contributed by atoms with van der Waals surface area (Å²) in [5, 5.41) is 10.5. The summed E-state index contributed by atoms with van der Waals surface area (Å²) in [5.41, 5.74) is 3.78. The van der Waals surface area contributed by atoms with E-state index in [0.717, 1.165) is 33.7 Å². The standard InChI is InChI=1S/C19H14N2O2S/c22-18-17(10-14-11-20-16-9-5-4-8-15(14)16)24-19(23)21(18)12-13-6-2-1-3-7-13/h1-11,22H,12H2/b14-10+. The third kappa shape index (κ3) is 2.59. The number of hydrogen-bond acceptors (Lipinski definition) is 4. The van der Waals surface area contributed by atoms with Gasteiger partial charge >= 0.3 is 4.87 Å². The van der Waals surface area contributed by atoms with Crippen molar-refractivity contribution in [2.45, 2.75) is 6.54 Å². The summed E-state index contributed by atoms with van der Waals surface area (Å²) in [6, 6.07) is 17.4. The molecule has 4 nitrogen and oxygen atoms in total. The Morgan fingerprint density at radius 3 is 2.67 bits per heavy atom. The van der Waals surface area contributed by atoms with Gasteiger partial charge in [0.15, 0.2) is 0 Å². The number of aromatic hydroxyl groups is 1. The Bertz CT molecular complexity index is 1010. The molecule has 1 aliphatic rings. The minimum absolute atomic E-state index is 0.000802. The molecule has 0 saturated heterocycles. The summed E-state index contributed by atoms with van der Waals surface area (Å²) in [6.45, 7) is 0.357. The van der Waals surface area contributed by atoms with Crippen molar-refractivity contribution >= 4 is 34.9 Å². The van der Waals surface area contributed by atoms with E-state index in [-0.39, 0.29) is 10.8 Å². The second kappa shape index (κ2) is 5.94. The fourth-order valence-corrected chi connectivity index (χ4v) is 3.55. The van der Waals surface area contributed by atoms with Crippen LogP contribution in [0.5, 0.6) is 5.88 Å². The minimum Gasteiger partial charge on any atom is -0.493 e. The summed E-state index contributed by atoms with van der Waals surface area (Å²) in [6.07, 6.45) is 3.58. The molecule has 0 fully saturated rings. The zero-order chi connectivity index (χ0) is 16.5. The van der Waals surface area contributed by atoms with Gasteiger partial charge in [0, 0.05) is 17.4 Å². The fraction of sp³-hybridized carbons (Fsp3) is 0.0526. The third-order valence-corrected chi connectivity index (χ3v) is 4.84. The molecule has 118 valence electrons. The molecule has 0 radical (unpaired) electrons. The van der Waals surface area contributed by atoms with Gasteiger partial charge in [0.05, 0.1) is 17.1 Å². The van der Waals surface area contributed by atoms with E-state index in [4.69, 9.17) is 0 Å². The van der Waals surface area contributed by atoms with Crippen molar-refractivity contribution in [1.82, 2.24) is 4.57 Å². The first kappa shape index (κ1) is 14.7. The van der Waals surface area contributed by atoms with Crippen molar-refractivity contribution in [1.29, 1.82) is 0 Å². The highest BCUT2D eigenvalue weighted by molar-refractivity contribution is 7.10. The molecule has 0 spiro atoms. The van der Waals surface area contributed by atoms with E-state index < -0.39 is 0 Å². The maximum Gasteiger partial charge on any atom is 0.310 e. The fourth-order valence-electron chi connectivity index (χ4n) is 2.71. The van der Waals surface area contributed by atoms with Gasteiger partial charge < -0.3 is 5.11 Å². The van der Waals surface area contributed by atoms with Crippen LogP contribution in [0.15, 0.2) is 64.4 Å². The second-order valence-electron chi connectivity index (χ2n) is 5.50. The van der Waals surface area contributed by atoms with Crippen LogP contribution in [0.1, 0.15) is 16.0 Å². The van der Waals surface area contributed by atoms with Gasteiger partial charge in [-0.05, 0) is 17.7 Å². The number of aliphatic imine (C=N–C) groups is 1. The Balaban J connectivity index is 1.72. The molecule has 1 aliphatic heterocycles. The first-order valence-electron chi connectivity index (χ1n) is 7.54. The monoisotopic (exact) mass is 334 g/mol. The molecule has 0 atom stereocenters. The molecule has 5 heteroatoms. The normalized spacial score (nSPS) is 14.2. The summed E-state index contributed by atoms with van der Waals surface area (Å²) in [5.74, 6) is -0.000802. The highest BCUT2D eigenvalue weighted by atomic mass is 32.1. The van der Waals surface area contributed by atoms with E-state index in [9.17, 15) is 9.90 Å². The highest BCUT2D eigenvalue weighted by Gasteiger charge is 2.16. The number of hydrogen-bond donors (Lipinski definition) is 1. The van der Waals surface area contributed by atoms with Crippen LogP contribution in [0.25, 0.3) is 11.6 Å². The van der Waals surface area contributed by atoms with E-state index in [1.165, 1.54) is 4.57 Å². The van der Waals surface area contributed by atoms with Crippen molar-refractivity contribution in [3.8, 4) is 5.88 Å². The molecular weight excluding hydrogens is 320 g/mol. The Labute approximate surface area is 142 Å². The zero-order valence-electron chi connectivity index (χ0n) is 12.7. The van der Waals surface area contributed by atoms with Crippen molar-refractivity contribution in [3.63, 3.8) is 0 Å². The van der Waals surface area contributed by atoms with Gasteiger partial charge in [-0.25, -0.2) is 0 Å². The molecule has 4 rings (SSSR count). The van der Waals surface area contributed by atoms with Crippen LogP contribution in [-0.2, 0) is 6.54 Å². The van der Waals surface area contributed by atoms with E-state index in [1.54, 1.807) is 6.21 Å². The first-order chi connectivity index (χ1) is 11.7.